The molecular weight excluding hydrogens is 368 g/mol. The quantitative estimate of drug-likeness (QED) is 0.490. The van der Waals surface area contributed by atoms with Gasteiger partial charge in [-0.15, -0.1) is 0 Å². The van der Waals surface area contributed by atoms with Crippen LogP contribution in [0.25, 0.3) is 11.1 Å². The van der Waals surface area contributed by atoms with Gasteiger partial charge in [0.1, 0.15) is 11.7 Å². The molecular formula is C22H22N4O3. The lowest BCUT2D eigenvalue weighted by atomic mass is 9.88. The molecule has 4 rings (SSSR count). The smallest absolute Gasteiger partial charge is 0.358 e. The molecule has 2 heterocycles. The zero-order chi connectivity index (χ0) is 20.4. The second-order valence-electron chi connectivity index (χ2n) is 7.41. The third kappa shape index (κ3) is 3.40. The van der Waals surface area contributed by atoms with Crippen molar-refractivity contribution in [2.75, 3.05) is 13.1 Å². The Labute approximate surface area is 168 Å². The highest BCUT2D eigenvalue weighted by atomic mass is 16.6. The van der Waals surface area contributed by atoms with E-state index in [0.717, 1.165) is 29.5 Å². The van der Waals surface area contributed by atoms with Gasteiger partial charge in [-0.05, 0) is 46.4 Å². The highest BCUT2D eigenvalue weighted by Gasteiger charge is 2.42. The highest BCUT2D eigenvalue weighted by molar-refractivity contribution is 5.88. The number of amides is 1. The van der Waals surface area contributed by atoms with Crippen LogP contribution >= 0.6 is 0 Å². The molecule has 1 fully saturated rings. The van der Waals surface area contributed by atoms with Crippen LogP contribution in [-0.4, -0.2) is 38.4 Å². The summed E-state index contributed by atoms with van der Waals surface area (Å²) in [6.45, 7) is 3.21. The molecule has 0 N–H and O–H groups in total. The van der Waals surface area contributed by atoms with Crippen molar-refractivity contribution in [3.05, 3.63) is 82.8 Å². The maximum atomic E-state index is 13.5. The SMILES string of the molecule is CC(C(=O)N1CCCC1)(c1ccc(-c2ccccc2)cc1)n1cnc([N+](=O)[O-])c1. The number of imidazole rings is 1. The molecule has 2 aromatic carbocycles. The largest absolute Gasteiger partial charge is 0.381 e. The number of likely N-dealkylation sites (tertiary alicyclic amines) is 1. The Bertz CT molecular complexity index is 1020. The topological polar surface area (TPSA) is 81.3 Å². The van der Waals surface area contributed by atoms with E-state index in [-0.39, 0.29) is 11.7 Å². The van der Waals surface area contributed by atoms with Crippen molar-refractivity contribution < 1.29 is 9.72 Å². The molecule has 1 amide bonds. The van der Waals surface area contributed by atoms with E-state index in [2.05, 4.69) is 4.98 Å². The fourth-order valence-electron chi connectivity index (χ4n) is 3.88. The van der Waals surface area contributed by atoms with Crippen LogP contribution in [-0.2, 0) is 10.3 Å². The van der Waals surface area contributed by atoms with Gasteiger partial charge in [0.05, 0.1) is 0 Å². The summed E-state index contributed by atoms with van der Waals surface area (Å²) < 4.78 is 1.56. The van der Waals surface area contributed by atoms with Gasteiger partial charge in [-0.3, -0.25) is 9.36 Å². The zero-order valence-electron chi connectivity index (χ0n) is 16.2. The minimum absolute atomic E-state index is 0.0743. The predicted molar refractivity (Wildman–Crippen MR) is 109 cm³/mol. The van der Waals surface area contributed by atoms with Crippen molar-refractivity contribution in [1.82, 2.24) is 14.5 Å². The number of carbonyl (C=O) groups is 1. The normalized spacial score (nSPS) is 15.8. The van der Waals surface area contributed by atoms with Crippen molar-refractivity contribution >= 4 is 11.7 Å². The van der Waals surface area contributed by atoms with Gasteiger partial charge in [-0.25, -0.2) is 0 Å². The van der Waals surface area contributed by atoms with Gasteiger partial charge in [0.25, 0.3) is 5.91 Å². The van der Waals surface area contributed by atoms with Crippen molar-refractivity contribution in [3.8, 4) is 11.1 Å². The fourth-order valence-corrected chi connectivity index (χ4v) is 3.88. The second-order valence-corrected chi connectivity index (χ2v) is 7.41. The van der Waals surface area contributed by atoms with E-state index in [4.69, 9.17) is 0 Å². The Kier molecular flexibility index (Phi) is 4.88. The Morgan fingerprint density at radius 1 is 1.03 bits per heavy atom. The molecule has 0 radical (unpaired) electrons. The van der Waals surface area contributed by atoms with Crippen LogP contribution < -0.4 is 0 Å². The van der Waals surface area contributed by atoms with Gasteiger partial charge in [-0.1, -0.05) is 54.6 Å². The van der Waals surface area contributed by atoms with Gasteiger partial charge in [0.15, 0.2) is 0 Å². The molecule has 1 aromatic heterocycles. The molecule has 0 saturated carbocycles. The van der Waals surface area contributed by atoms with Crippen molar-refractivity contribution in [2.45, 2.75) is 25.3 Å². The van der Waals surface area contributed by atoms with Gasteiger partial charge in [-0.2, -0.15) is 0 Å². The molecule has 0 spiro atoms. The summed E-state index contributed by atoms with van der Waals surface area (Å²) in [7, 11) is 0. The molecule has 1 aliphatic rings. The zero-order valence-corrected chi connectivity index (χ0v) is 16.2. The van der Waals surface area contributed by atoms with Crippen molar-refractivity contribution in [3.63, 3.8) is 0 Å². The molecule has 148 valence electrons. The molecule has 3 aromatic rings. The van der Waals surface area contributed by atoms with Crippen LogP contribution in [0.2, 0.25) is 0 Å². The number of aromatic nitrogens is 2. The summed E-state index contributed by atoms with van der Waals surface area (Å²) in [4.78, 5) is 29.8. The lowest BCUT2D eigenvalue weighted by Gasteiger charge is -2.33. The number of rotatable bonds is 5. The molecule has 1 unspecified atom stereocenters. The highest BCUT2D eigenvalue weighted by Crippen LogP contribution is 2.32. The Balaban J connectivity index is 1.77. The first-order valence-corrected chi connectivity index (χ1v) is 9.64. The van der Waals surface area contributed by atoms with Gasteiger partial charge < -0.3 is 15.0 Å². The number of benzene rings is 2. The Morgan fingerprint density at radius 2 is 1.66 bits per heavy atom. The van der Waals surface area contributed by atoms with E-state index >= 15 is 0 Å². The van der Waals surface area contributed by atoms with Crippen LogP contribution in [0.1, 0.15) is 25.3 Å². The Hall–Kier alpha value is -3.48. The fraction of sp³-hybridized carbons (Fsp3) is 0.273. The van der Waals surface area contributed by atoms with Crippen molar-refractivity contribution in [1.29, 1.82) is 0 Å². The number of carbonyl (C=O) groups excluding carboxylic acids is 1. The molecule has 29 heavy (non-hydrogen) atoms. The maximum Gasteiger partial charge on any atom is 0.381 e. The number of hydrogen-bond acceptors (Lipinski definition) is 4. The minimum atomic E-state index is -1.11. The lowest BCUT2D eigenvalue weighted by molar-refractivity contribution is -0.389. The molecule has 1 aliphatic heterocycles. The number of nitrogens with zero attached hydrogens (tertiary/aromatic N) is 4. The third-order valence-electron chi connectivity index (χ3n) is 5.64. The van der Waals surface area contributed by atoms with Crippen LogP contribution in [0.15, 0.2) is 67.1 Å². The van der Waals surface area contributed by atoms with Crippen LogP contribution in [0.5, 0.6) is 0 Å². The van der Waals surface area contributed by atoms with Crippen LogP contribution in [0, 0.1) is 10.1 Å². The van der Waals surface area contributed by atoms with E-state index in [9.17, 15) is 14.9 Å². The monoisotopic (exact) mass is 390 g/mol. The minimum Gasteiger partial charge on any atom is -0.358 e. The van der Waals surface area contributed by atoms with Crippen LogP contribution in [0.4, 0.5) is 5.82 Å². The molecule has 1 atom stereocenters. The average molecular weight is 390 g/mol. The molecule has 7 heteroatoms. The summed E-state index contributed by atoms with van der Waals surface area (Å²) in [5.74, 6) is -0.346. The standard InChI is InChI=1S/C22H22N4O3/c1-22(21(27)24-13-5-6-14-24,25-15-20(23-16-25)26(28)29)19-11-9-18(10-12-19)17-7-3-2-4-8-17/h2-4,7-12,15-16H,5-6,13-14H2,1H3. The van der Waals surface area contributed by atoms with Gasteiger partial charge in [0.2, 0.25) is 6.33 Å². The lowest BCUT2D eigenvalue weighted by Crippen LogP contribution is -2.48. The molecule has 7 nitrogen and oxygen atoms in total. The van der Waals surface area contributed by atoms with Gasteiger partial charge >= 0.3 is 5.82 Å². The van der Waals surface area contributed by atoms with E-state index in [1.807, 2.05) is 59.5 Å². The number of nitro groups is 1. The molecule has 1 saturated heterocycles. The molecule has 0 bridgehead atoms. The van der Waals surface area contributed by atoms with E-state index < -0.39 is 10.5 Å². The first-order valence-electron chi connectivity index (χ1n) is 9.64. The summed E-state index contributed by atoms with van der Waals surface area (Å²) >= 11 is 0. The predicted octanol–water partition coefficient (Wildman–Crippen LogP) is 3.84. The van der Waals surface area contributed by atoms with Crippen LogP contribution in [0.3, 0.4) is 0 Å². The molecule has 0 aliphatic carbocycles. The summed E-state index contributed by atoms with van der Waals surface area (Å²) in [6, 6.07) is 17.8. The summed E-state index contributed by atoms with van der Waals surface area (Å²) in [5, 5.41) is 11.1. The maximum absolute atomic E-state index is 13.5. The summed E-state index contributed by atoms with van der Waals surface area (Å²) in [5.41, 5.74) is 1.79. The van der Waals surface area contributed by atoms with E-state index in [0.29, 0.717) is 13.1 Å². The number of hydrogen-bond donors (Lipinski definition) is 0. The van der Waals surface area contributed by atoms with E-state index in [1.54, 1.807) is 11.5 Å². The van der Waals surface area contributed by atoms with Crippen molar-refractivity contribution in [2.24, 2.45) is 0 Å². The summed E-state index contributed by atoms with van der Waals surface area (Å²) in [6.07, 6.45) is 4.65. The first kappa shape index (κ1) is 18.9. The van der Waals surface area contributed by atoms with Gasteiger partial charge in [0, 0.05) is 13.1 Å². The van der Waals surface area contributed by atoms with E-state index in [1.165, 1.54) is 12.5 Å². The first-order chi connectivity index (χ1) is 14.0. The average Bonchev–Trinajstić information content (AvgIpc) is 3.46. The third-order valence-corrected chi connectivity index (χ3v) is 5.64. The Morgan fingerprint density at radius 3 is 2.24 bits per heavy atom. The second kappa shape index (κ2) is 7.50.